The van der Waals surface area contributed by atoms with Crippen LogP contribution in [0.2, 0.25) is 0 Å². The molecule has 1 aliphatic heterocycles. The molecule has 0 N–H and O–H groups in total. The van der Waals surface area contributed by atoms with Crippen molar-refractivity contribution < 1.29 is 33.1 Å². The van der Waals surface area contributed by atoms with Crippen molar-refractivity contribution in [3.8, 4) is 11.5 Å². The maximum Gasteiger partial charge on any atom is 0.493 e. The lowest BCUT2D eigenvalue weighted by Crippen LogP contribution is -2.40. The Morgan fingerprint density at radius 1 is 0.943 bits per heavy atom. The molecular weight excluding hydrogens is 466 g/mol. The Hall–Kier alpha value is -2.41. The summed E-state index contributed by atoms with van der Waals surface area (Å²) in [5.41, 5.74) is 1.33. The molecule has 7 nitrogen and oxygen atoms in total. The number of unbranched alkanes of at least 4 members (excludes halogenated alkanes) is 1. The summed E-state index contributed by atoms with van der Waals surface area (Å²) in [5.74, 6) is 0.543. The molecule has 0 saturated carbocycles. The van der Waals surface area contributed by atoms with Crippen LogP contribution in [-0.2, 0) is 18.8 Å². The zero-order valence-electron chi connectivity index (χ0n) is 20.7. The van der Waals surface area contributed by atoms with E-state index in [4.69, 9.17) is 23.5 Å². The highest BCUT2D eigenvalue weighted by Gasteiger charge is 2.28. The normalized spacial score (nSPS) is 14.2. The van der Waals surface area contributed by atoms with Crippen LogP contribution in [0.15, 0.2) is 48.5 Å². The first-order valence-corrected chi connectivity index (χ1v) is 13.3. The van der Waals surface area contributed by atoms with Gasteiger partial charge in [0.25, 0.3) is 0 Å². The Labute approximate surface area is 209 Å². The average molecular weight is 500 g/mol. The van der Waals surface area contributed by atoms with Crippen LogP contribution in [0.25, 0.3) is 0 Å². The van der Waals surface area contributed by atoms with Crippen LogP contribution in [0.3, 0.4) is 0 Å². The zero-order chi connectivity index (χ0) is 25.1. The highest BCUT2D eigenvalue weighted by atomic mass is 31.1. The molecule has 0 aromatic heterocycles. The van der Waals surface area contributed by atoms with Gasteiger partial charge in [-0.05, 0) is 81.1 Å². The molecular formula is C26H34BO7P. The van der Waals surface area contributed by atoms with E-state index in [0.717, 1.165) is 30.9 Å². The molecule has 3 rings (SSSR count). The second-order valence-corrected chi connectivity index (χ2v) is 11.1. The quantitative estimate of drug-likeness (QED) is 0.142. The first kappa shape index (κ1) is 27.2. The summed E-state index contributed by atoms with van der Waals surface area (Å²) in [6, 6.07) is 14.0. The molecule has 0 spiro atoms. The van der Waals surface area contributed by atoms with Gasteiger partial charge in [-0.1, -0.05) is 19.1 Å². The first-order valence-electron chi connectivity index (χ1n) is 12.1. The number of esters is 2. The minimum atomic E-state index is -0.442. The topological polar surface area (TPSA) is 80.3 Å². The lowest BCUT2D eigenvalue weighted by atomic mass is 9.78. The van der Waals surface area contributed by atoms with Crippen LogP contribution in [-0.4, -0.2) is 56.8 Å². The molecule has 35 heavy (non-hydrogen) atoms. The third-order valence-corrected chi connectivity index (χ3v) is 6.89. The average Bonchev–Trinajstić information content (AvgIpc) is 2.87. The fraction of sp³-hybridized carbons (Fsp3) is 0.462. The summed E-state index contributed by atoms with van der Waals surface area (Å²) in [5, 5.41) is -0.406. The second-order valence-electron chi connectivity index (χ2n) is 8.76. The van der Waals surface area contributed by atoms with Gasteiger partial charge >= 0.3 is 19.1 Å². The van der Waals surface area contributed by atoms with Crippen LogP contribution in [0.5, 0.6) is 11.5 Å². The molecule has 0 bridgehead atoms. The lowest BCUT2D eigenvalue weighted by Gasteiger charge is -2.21. The number of ether oxygens (including phenoxy) is 3. The second kappa shape index (κ2) is 13.6. The van der Waals surface area contributed by atoms with E-state index in [1.54, 1.807) is 36.4 Å². The van der Waals surface area contributed by atoms with E-state index < -0.39 is 11.1 Å². The maximum absolute atomic E-state index is 12.5. The van der Waals surface area contributed by atoms with Gasteiger partial charge in [0.2, 0.25) is 0 Å². The SMILES string of the molecule is CCPC(C)(C)C(=O)OCCCCOc1ccc(C(=O)Oc2ccc(B3OCCCO3)cc2)cc1. The molecule has 2 aromatic rings. The van der Waals surface area contributed by atoms with Crippen molar-refractivity contribution in [1.29, 1.82) is 0 Å². The van der Waals surface area contributed by atoms with Gasteiger partial charge in [0.15, 0.2) is 0 Å². The number of hydrogen-bond donors (Lipinski definition) is 0. The van der Waals surface area contributed by atoms with Gasteiger partial charge in [-0.3, -0.25) is 4.79 Å². The van der Waals surface area contributed by atoms with Crippen molar-refractivity contribution in [3.05, 3.63) is 54.1 Å². The van der Waals surface area contributed by atoms with Crippen LogP contribution >= 0.6 is 8.58 Å². The third kappa shape index (κ3) is 8.64. The van der Waals surface area contributed by atoms with Gasteiger partial charge in [-0.25, -0.2) is 4.79 Å². The molecule has 0 amide bonds. The molecule has 1 fully saturated rings. The van der Waals surface area contributed by atoms with E-state index in [1.165, 1.54) is 0 Å². The van der Waals surface area contributed by atoms with Crippen molar-refractivity contribution in [2.24, 2.45) is 0 Å². The molecule has 1 atom stereocenters. The van der Waals surface area contributed by atoms with Crippen LogP contribution in [0.4, 0.5) is 0 Å². The standard InChI is InChI=1S/C26H34BO7P/c1-4-35-26(2,3)25(29)31-17-6-5-16-30-22-12-8-20(9-13-22)24(28)34-23-14-10-21(11-15-23)27-32-18-7-19-33-27/h8-15,35H,4-7,16-19H2,1-3H3. The Bertz CT molecular complexity index is 941. The monoisotopic (exact) mass is 500 g/mol. The van der Waals surface area contributed by atoms with Crippen molar-refractivity contribution >= 4 is 33.1 Å². The molecule has 9 heteroatoms. The summed E-state index contributed by atoms with van der Waals surface area (Å²) >= 11 is 0. The Kier molecular flexibility index (Phi) is 10.6. The van der Waals surface area contributed by atoms with E-state index in [2.05, 4.69) is 6.92 Å². The molecule has 0 radical (unpaired) electrons. The number of hydrogen-bond acceptors (Lipinski definition) is 7. The number of carbonyl (C=O) groups excluding carboxylic acids is 2. The molecule has 1 unspecified atom stereocenters. The fourth-order valence-corrected chi connectivity index (χ4v) is 4.58. The largest absolute Gasteiger partial charge is 0.494 e. The molecule has 1 heterocycles. The van der Waals surface area contributed by atoms with Crippen molar-refractivity contribution in [2.45, 2.75) is 45.2 Å². The maximum atomic E-state index is 12.5. The lowest BCUT2D eigenvalue weighted by molar-refractivity contribution is -0.145. The van der Waals surface area contributed by atoms with Crippen LogP contribution < -0.4 is 14.9 Å². The van der Waals surface area contributed by atoms with Crippen molar-refractivity contribution in [2.75, 3.05) is 32.6 Å². The van der Waals surface area contributed by atoms with Gasteiger partial charge < -0.3 is 23.5 Å². The van der Waals surface area contributed by atoms with E-state index in [1.807, 2.05) is 26.0 Å². The van der Waals surface area contributed by atoms with Crippen LogP contribution in [0.1, 0.15) is 50.4 Å². The number of benzene rings is 2. The van der Waals surface area contributed by atoms with Gasteiger partial charge in [-0.2, -0.15) is 0 Å². The van der Waals surface area contributed by atoms with Gasteiger partial charge in [-0.15, -0.1) is 8.58 Å². The number of rotatable bonds is 12. The number of carbonyl (C=O) groups is 2. The predicted molar refractivity (Wildman–Crippen MR) is 138 cm³/mol. The zero-order valence-corrected chi connectivity index (χ0v) is 21.7. The first-order chi connectivity index (χ1) is 16.9. The van der Waals surface area contributed by atoms with E-state index >= 15 is 0 Å². The Balaban J connectivity index is 1.36. The van der Waals surface area contributed by atoms with Crippen molar-refractivity contribution in [1.82, 2.24) is 0 Å². The Morgan fingerprint density at radius 2 is 1.57 bits per heavy atom. The minimum absolute atomic E-state index is 0.135. The van der Waals surface area contributed by atoms with Gasteiger partial charge in [0.1, 0.15) is 11.5 Å². The molecule has 1 saturated heterocycles. The van der Waals surface area contributed by atoms with E-state index in [0.29, 0.717) is 52.1 Å². The summed E-state index contributed by atoms with van der Waals surface area (Å²) in [6.07, 6.45) is 3.37. The summed E-state index contributed by atoms with van der Waals surface area (Å²) < 4.78 is 27.7. The summed E-state index contributed by atoms with van der Waals surface area (Å²) in [6.45, 7) is 8.18. The predicted octanol–water partition coefficient (Wildman–Crippen LogP) is 4.22. The molecule has 0 aliphatic carbocycles. The highest BCUT2D eigenvalue weighted by Crippen LogP contribution is 2.31. The molecule has 188 valence electrons. The molecule has 2 aromatic carbocycles. The summed E-state index contributed by atoms with van der Waals surface area (Å²) in [7, 11) is 0.196. The Morgan fingerprint density at radius 3 is 2.23 bits per heavy atom. The van der Waals surface area contributed by atoms with E-state index in [9.17, 15) is 9.59 Å². The molecule has 1 aliphatic rings. The third-order valence-electron chi connectivity index (χ3n) is 5.45. The van der Waals surface area contributed by atoms with Gasteiger partial charge in [0, 0.05) is 13.2 Å². The minimum Gasteiger partial charge on any atom is -0.494 e. The van der Waals surface area contributed by atoms with Gasteiger partial charge in [0.05, 0.1) is 23.9 Å². The summed E-state index contributed by atoms with van der Waals surface area (Å²) in [4.78, 5) is 24.6. The fourth-order valence-electron chi connectivity index (χ4n) is 3.48. The van der Waals surface area contributed by atoms with Crippen LogP contribution in [0, 0.1) is 0 Å². The van der Waals surface area contributed by atoms with Crippen molar-refractivity contribution in [3.63, 3.8) is 0 Å². The highest BCUT2D eigenvalue weighted by molar-refractivity contribution is 7.41. The van der Waals surface area contributed by atoms with E-state index in [-0.39, 0.29) is 13.1 Å². The smallest absolute Gasteiger partial charge is 0.493 e.